The van der Waals surface area contributed by atoms with E-state index >= 15 is 0 Å². The molecule has 5 nitrogen and oxygen atoms in total. The third kappa shape index (κ3) is 3.95. The first kappa shape index (κ1) is 21.2. The lowest BCUT2D eigenvalue weighted by atomic mass is 9.79. The van der Waals surface area contributed by atoms with Gasteiger partial charge < -0.3 is 15.3 Å². The lowest BCUT2D eigenvalue weighted by Crippen LogP contribution is -2.49. The fraction of sp³-hybridized carbons (Fsp3) is 0.481. The molecule has 1 saturated heterocycles. The second-order valence-electron chi connectivity index (χ2n) is 9.78. The van der Waals surface area contributed by atoms with Crippen LogP contribution >= 0.6 is 0 Å². The first-order chi connectivity index (χ1) is 15.6. The predicted molar refractivity (Wildman–Crippen MR) is 123 cm³/mol. The Morgan fingerprint density at radius 1 is 0.938 bits per heavy atom. The number of aliphatic hydroxyl groups is 1. The van der Waals surface area contributed by atoms with Crippen LogP contribution in [0.1, 0.15) is 36.8 Å². The lowest BCUT2D eigenvalue weighted by molar-refractivity contribution is -0.147. The van der Waals surface area contributed by atoms with Crippen molar-refractivity contribution in [3.63, 3.8) is 0 Å². The second kappa shape index (κ2) is 8.70. The zero-order valence-corrected chi connectivity index (χ0v) is 18.5. The molecule has 0 aromatic heterocycles. The molecule has 0 bridgehead atoms. The zero-order chi connectivity index (χ0) is 22.1. The van der Waals surface area contributed by atoms with E-state index in [0.717, 1.165) is 44.3 Å². The van der Waals surface area contributed by atoms with E-state index < -0.39 is 5.60 Å². The highest BCUT2D eigenvalue weighted by molar-refractivity contribution is 5.87. The molecule has 0 spiro atoms. The quantitative estimate of drug-likeness (QED) is 0.706. The third-order valence-electron chi connectivity index (χ3n) is 7.93. The molecular weight excluding hydrogens is 400 g/mol. The number of carbonyl (C=O) groups is 2. The van der Waals surface area contributed by atoms with Crippen molar-refractivity contribution in [3.05, 3.63) is 71.8 Å². The summed E-state index contributed by atoms with van der Waals surface area (Å²) < 4.78 is 0. The van der Waals surface area contributed by atoms with Crippen LogP contribution in [0.3, 0.4) is 0 Å². The molecule has 1 aliphatic heterocycles. The minimum Gasteiger partial charge on any atom is -0.375 e. The smallest absolute Gasteiger partial charge is 0.256 e. The van der Waals surface area contributed by atoms with Crippen LogP contribution < -0.4 is 5.32 Å². The van der Waals surface area contributed by atoms with E-state index in [4.69, 9.17) is 0 Å². The number of hydrogen-bond acceptors (Lipinski definition) is 3. The number of hydrogen-bond donors (Lipinski definition) is 2. The van der Waals surface area contributed by atoms with Crippen molar-refractivity contribution in [3.8, 4) is 0 Å². The zero-order valence-electron chi connectivity index (χ0n) is 18.5. The van der Waals surface area contributed by atoms with E-state index in [2.05, 4.69) is 5.32 Å². The molecule has 1 heterocycles. The van der Waals surface area contributed by atoms with Crippen molar-refractivity contribution in [2.45, 2.75) is 37.7 Å². The van der Waals surface area contributed by atoms with Crippen molar-refractivity contribution in [1.82, 2.24) is 10.2 Å². The Bertz CT molecular complexity index is 945. The summed E-state index contributed by atoms with van der Waals surface area (Å²) in [5.41, 5.74) is 0.284. The summed E-state index contributed by atoms with van der Waals surface area (Å²) in [6, 6.07) is 19.3. The number of nitrogens with one attached hydrogen (secondary N) is 1. The van der Waals surface area contributed by atoms with Crippen molar-refractivity contribution in [2.24, 2.45) is 23.7 Å². The van der Waals surface area contributed by atoms with Gasteiger partial charge in [-0.25, -0.2) is 0 Å². The number of piperidine rings is 1. The van der Waals surface area contributed by atoms with E-state index in [-0.39, 0.29) is 17.7 Å². The lowest BCUT2D eigenvalue weighted by Gasteiger charge is -2.33. The molecule has 2 aromatic rings. The van der Waals surface area contributed by atoms with Crippen LogP contribution in [-0.2, 0) is 21.6 Å². The SMILES string of the molecule is O=C(Cc1ccccc1)N1CC2C(CNC(=O)C(O)(c3ccccc3)C3CCCC3)[C@H]2C1. The Kier molecular flexibility index (Phi) is 5.76. The molecule has 5 heteroatoms. The van der Waals surface area contributed by atoms with Gasteiger partial charge in [-0.2, -0.15) is 0 Å². The van der Waals surface area contributed by atoms with E-state index in [9.17, 15) is 14.7 Å². The molecule has 4 atom stereocenters. The minimum atomic E-state index is -1.46. The van der Waals surface area contributed by atoms with Crippen molar-refractivity contribution in [2.75, 3.05) is 19.6 Å². The number of benzene rings is 2. The molecule has 2 aliphatic carbocycles. The maximum absolute atomic E-state index is 13.3. The monoisotopic (exact) mass is 432 g/mol. The molecule has 3 unspecified atom stereocenters. The Balaban J connectivity index is 1.16. The topological polar surface area (TPSA) is 69.6 Å². The van der Waals surface area contributed by atoms with Gasteiger partial charge in [0.2, 0.25) is 5.91 Å². The van der Waals surface area contributed by atoms with E-state index in [1.54, 1.807) is 0 Å². The van der Waals surface area contributed by atoms with E-state index in [0.29, 0.717) is 36.3 Å². The van der Waals surface area contributed by atoms with Crippen molar-refractivity contribution >= 4 is 11.8 Å². The fourth-order valence-corrected chi connectivity index (χ4v) is 5.97. The van der Waals surface area contributed by atoms with Gasteiger partial charge in [0.15, 0.2) is 5.60 Å². The molecule has 3 fully saturated rings. The molecule has 2 N–H and O–H groups in total. The van der Waals surface area contributed by atoms with Crippen LogP contribution in [0, 0.1) is 23.7 Å². The maximum Gasteiger partial charge on any atom is 0.256 e. The second-order valence-corrected chi connectivity index (χ2v) is 9.78. The van der Waals surface area contributed by atoms with Crippen LogP contribution in [-0.4, -0.2) is 41.5 Å². The summed E-state index contributed by atoms with van der Waals surface area (Å²) in [5, 5.41) is 14.7. The molecule has 2 amide bonds. The standard InChI is InChI=1S/C27H32N2O3/c30-25(15-19-9-3-1-4-10-19)29-17-23-22(24(23)18-29)16-28-26(31)27(32,21-13-7-8-14-21)20-11-5-2-6-12-20/h1-6,9-12,21-24,32H,7-8,13-18H2,(H,28,31)/t22?,23-,24?,27?/m1/s1. The summed E-state index contributed by atoms with van der Waals surface area (Å²) in [4.78, 5) is 27.8. The summed E-state index contributed by atoms with van der Waals surface area (Å²) in [6.45, 7) is 2.14. The molecule has 0 radical (unpaired) electrons. The summed E-state index contributed by atoms with van der Waals surface area (Å²) in [5.74, 6) is 1.22. The molecular formula is C27H32N2O3. The number of carbonyl (C=O) groups excluding carboxylic acids is 2. The van der Waals surface area contributed by atoms with Gasteiger partial charge in [-0.3, -0.25) is 9.59 Å². The first-order valence-corrected chi connectivity index (χ1v) is 11.9. The van der Waals surface area contributed by atoms with Gasteiger partial charge in [0.25, 0.3) is 5.91 Å². The predicted octanol–water partition coefficient (Wildman–Crippen LogP) is 3.13. The molecule has 5 rings (SSSR count). The normalized spacial score (nSPS) is 26.4. The summed E-state index contributed by atoms with van der Waals surface area (Å²) in [7, 11) is 0. The summed E-state index contributed by atoms with van der Waals surface area (Å²) >= 11 is 0. The van der Waals surface area contributed by atoms with Gasteiger partial charge in [-0.05, 0) is 41.7 Å². The molecule has 3 aliphatic rings. The van der Waals surface area contributed by atoms with Crippen LogP contribution in [0.2, 0.25) is 0 Å². The Labute approximate surface area is 189 Å². The maximum atomic E-state index is 13.3. The third-order valence-corrected chi connectivity index (χ3v) is 7.93. The number of amides is 2. The average molecular weight is 433 g/mol. The number of nitrogens with zero attached hydrogens (tertiary/aromatic N) is 1. The summed E-state index contributed by atoms with van der Waals surface area (Å²) in [6.07, 6.45) is 4.34. The Hall–Kier alpha value is -2.66. The van der Waals surface area contributed by atoms with Gasteiger partial charge in [0, 0.05) is 25.6 Å². The van der Waals surface area contributed by atoms with E-state index in [1.807, 2.05) is 65.6 Å². The Morgan fingerprint density at radius 2 is 1.53 bits per heavy atom. The van der Waals surface area contributed by atoms with Crippen molar-refractivity contribution < 1.29 is 14.7 Å². The highest BCUT2D eigenvalue weighted by Crippen LogP contribution is 2.51. The fourth-order valence-electron chi connectivity index (χ4n) is 5.97. The van der Waals surface area contributed by atoms with Gasteiger partial charge >= 0.3 is 0 Å². The molecule has 2 saturated carbocycles. The van der Waals surface area contributed by atoms with Gasteiger partial charge in [-0.1, -0.05) is 73.5 Å². The van der Waals surface area contributed by atoms with Gasteiger partial charge in [0.05, 0.1) is 6.42 Å². The highest BCUT2D eigenvalue weighted by atomic mass is 16.3. The van der Waals surface area contributed by atoms with E-state index in [1.165, 1.54) is 0 Å². The number of rotatable bonds is 7. The van der Waals surface area contributed by atoms with Crippen LogP contribution in [0.4, 0.5) is 0 Å². The highest BCUT2D eigenvalue weighted by Gasteiger charge is 2.56. The molecule has 2 aromatic carbocycles. The Morgan fingerprint density at radius 3 is 2.16 bits per heavy atom. The van der Waals surface area contributed by atoms with Gasteiger partial charge in [0.1, 0.15) is 0 Å². The number of fused-ring (bicyclic) bond motifs is 1. The van der Waals surface area contributed by atoms with Crippen LogP contribution in [0.25, 0.3) is 0 Å². The molecule has 168 valence electrons. The van der Waals surface area contributed by atoms with Crippen LogP contribution in [0.15, 0.2) is 60.7 Å². The van der Waals surface area contributed by atoms with Crippen LogP contribution in [0.5, 0.6) is 0 Å². The number of likely N-dealkylation sites (tertiary alicyclic amines) is 1. The average Bonchev–Trinajstić information content (AvgIpc) is 3.23. The largest absolute Gasteiger partial charge is 0.375 e. The first-order valence-electron chi connectivity index (χ1n) is 11.9. The van der Waals surface area contributed by atoms with Crippen molar-refractivity contribution in [1.29, 1.82) is 0 Å². The minimum absolute atomic E-state index is 0.0327. The van der Waals surface area contributed by atoms with Gasteiger partial charge in [-0.15, -0.1) is 0 Å². The molecule has 32 heavy (non-hydrogen) atoms.